The van der Waals surface area contributed by atoms with Crippen LogP contribution in [0.5, 0.6) is 0 Å². The monoisotopic (exact) mass is 409 g/mol. The Bertz CT molecular complexity index is 1110. The normalized spacial score (nSPS) is 14.0. The molecule has 31 heavy (non-hydrogen) atoms. The second-order valence-corrected chi connectivity index (χ2v) is 7.66. The second kappa shape index (κ2) is 9.27. The largest absolute Gasteiger partial charge is 0.339 e. The smallest absolute Gasteiger partial charge is 0.255 e. The van der Waals surface area contributed by atoms with Crippen LogP contribution in [0, 0.1) is 17.2 Å². The number of carbonyl (C=O) groups is 2. The highest BCUT2D eigenvalue weighted by molar-refractivity contribution is 5.97. The lowest BCUT2D eigenvalue weighted by molar-refractivity contribution is -0.121. The number of benzene rings is 3. The maximum atomic E-state index is 12.8. The summed E-state index contributed by atoms with van der Waals surface area (Å²) >= 11 is 0. The van der Waals surface area contributed by atoms with Crippen LogP contribution in [0.15, 0.2) is 78.9 Å². The van der Waals surface area contributed by atoms with Gasteiger partial charge in [0.25, 0.3) is 5.91 Å². The molecule has 0 bridgehead atoms. The van der Waals surface area contributed by atoms with Crippen LogP contribution in [0.1, 0.15) is 28.8 Å². The molecule has 3 aromatic carbocycles. The Labute approximate surface area is 181 Å². The number of nitriles is 1. The molecular formula is C26H23N3O2. The van der Waals surface area contributed by atoms with E-state index in [1.165, 1.54) is 0 Å². The second-order valence-electron chi connectivity index (χ2n) is 7.66. The van der Waals surface area contributed by atoms with E-state index in [0.717, 1.165) is 16.8 Å². The number of amides is 2. The maximum Gasteiger partial charge on any atom is 0.255 e. The first kappa shape index (κ1) is 20.4. The van der Waals surface area contributed by atoms with Gasteiger partial charge in [-0.1, -0.05) is 54.6 Å². The quantitative estimate of drug-likeness (QED) is 0.678. The van der Waals surface area contributed by atoms with Gasteiger partial charge in [0.15, 0.2) is 0 Å². The van der Waals surface area contributed by atoms with E-state index in [9.17, 15) is 14.9 Å². The summed E-state index contributed by atoms with van der Waals surface area (Å²) in [4.78, 5) is 27.2. The molecule has 1 saturated heterocycles. The van der Waals surface area contributed by atoms with Crippen molar-refractivity contribution in [3.05, 3.63) is 90.0 Å². The van der Waals surface area contributed by atoms with Gasteiger partial charge >= 0.3 is 0 Å². The summed E-state index contributed by atoms with van der Waals surface area (Å²) in [6, 6.07) is 26.8. The molecule has 1 heterocycles. The molecule has 0 aromatic heterocycles. The first-order valence-electron chi connectivity index (χ1n) is 10.4. The van der Waals surface area contributed by atoms with E-state index in [-0.39, 0.29) is 17.7 Å². The third-order valence-electron chi connectivity index (χ3n) is 5.69. The highest BCUT2D eigenvalue weighted by Crippen LogP contribution is 2.24. The maximum absolute atomic E-state index is 12.8. The Morgan fingerprint density at radius 1 is 0.839 bits per heavy atom. The summed E-state index contributed by atoms with van der Waals surface area (Å²) in [6.45, 7) is 1.01. The van der Waals surface area contributed by atoms with Gasteiger partial charge in [-0.3, -0.25) is 9.59 Å². The van der Waals surface area contributed by atoms with Gasteiger partial charge in [0.1, 0.15) is 0 Å². The summed E-state index contributed by atoms with van der Waals surface area (Å²) in [5.41, 5.74) is 3.81. The van der Waals surface area contributed by atoms with Crippen molar-refractivity contribution in [3.63, 3.8) is 0 Å². The lowest BCUT2D eigenvalue weighted by Crippen LogP contribution is -2.41. The van der Waals surface area contributed by atoms with E-state index >= 15 is 0 Å². The van der Waals surface area contributed by atoms with E-state index in [2.05, 4.69) is 23.5 Å². The minimum Gasteiger partial charge on any atom is -0.339 e. The Balaban J connectivity index is 1.33. The van der Waals surface area contributed by atoms with E-state index in [1.807, 2.05) is 42.5 Å². The topological polar surface area (TPSA) is 73.2 Å². The first-order valence-corrected chi connectivity index (χ1v) is 10.4. The SMILES string of the molecule is N#Cc1ccccc1C(=O)N1CCC(C(=O)Nc2ccc(-c3ccccc3)cc2)CC1. The van der Waals surface area contributed by atoms with E-state index in [0.29, 0.717) is 37.1 Å². The highest BCUT2D eigenvalue weighted by atomic mass is 16.2. The molecule has 1 aliphatic heterocycles. The van der Waals surface area contributed by atoms with Crippen LogP contribution in [0.3, 0.4) is 0 Å². The van der Waals surface area contributed by atoms with Gasteiger partial charge in [-0.05, 0) is 48.2 Å². The average molecular weight is 409 g/mol. The zero-order valence-electron chi connectivity index (χ0n) is 17.1. The molecule has 154 valence electrons. The van der Waals surface area contributed by atoms with Crippen molar-refractivity contribution in [1.29, 1.82) is 5.26 Å². The van der Waals surface area contributed by atoms with Crippen LogP contribution in [-0.4, -0.2) is 29.8 Å². The van der Waals surface area contributed by atoms with Gasteiger partial charge < -0.3 is 10.2 Å². The summed E-state index contributed by atoms with van der Waals surface area (Å²) in [7, 11) is 0. The number of nitrogens with zero attached hydrogens (tertiary/aromatic N) is 2. The number of anilines is 1. The van der Waals surface area contributed by atoms with Gasteiger partial charge in [-0.2, -0.15) is 5.26 Å². The summed E-state index contributed by atoms with van der Waals surface area (Å²) < 4.78 is 0. The van der Waals surface area contributed by atoms with Crippen LogP contribution in [0.2, 0.25) is 0 Å². The number of carbonyl (C=O) groups excluding carboxylic acids is 2. The minimum atomic E-state index is -0.146. The van der Waals surface area contributed by atoms with Crippen molar-refractivity contribution in [1.82, 2.24) is 4.90 Å². The zero-order valence-corrected chi connectivity index (χ0v) is 17.1. The molecule has 4 rings (SSSR count). The number of nitrogens with one attached hydrogen (secondary N) is 1. The molecule has 1 N–H and O–H groups in total. The van der Waals surface area contributed by atoms with Crippen LogP contribution >= 0.6 is 0 Å². The lowest BCUT2D eigenvalue weighted by atomic mass is 9.95. The molecule has 1 aliphatic rings. The van der Waals surface area contributed by atoms with Gasteiger partial charge in [-0.25, -0.2) is 0 Å². The number of likely N-dealkylation sites (tertiary alicyclic amines) is 1. The van der Waals surface area contributed by atoms with Crippen molar-refractivity contribution in [2.24, 2.45) is 5.92 Å². The van der Waals surface area contributed by atoms with E-state index in [4.69, 9.17) is 0 Å². The Hall–Kier alpha value is -3.91. The van der Waals surface area contributed by atoms with Crippen LogP contribution in [0.25, 0.3) is 11.1 Å². The van der Waals surface area contributed by atoms with Gasteiger partial charge in [0, 0.05) is 24.7 Å². The molecule has 0 atom stereocenters. The van der Waals surface area contributed by atoms with Crippen molar-refractivity contribution in [3.8, 4) is 17.2 Å². The minimum absolute atomic E-state index is 0.0167. The highest BCUT2D eigenvalue weighted by Gasteiger charge is 2.28. The average Bonchev–Trinajstić information content (AvgIpc) is 2.84. The Morgan fingerprint density at radius 3 is 2.13 bits per heavy atom. The molecule has 2 amide bonds. The number of hydrogen-bond donors (Lipinski definition) is 1. The fourth-order valence-corrected chi connectivity index (χ4v) is 3.90. The van der Waals surface area contributed by atoms with Crippen molar-refractivity contribution in [2.75, 3.05) is 18.4 Å². The summed E-state index contributed by atoms with van der Waals surface area (Å²) in [5.74, 6) is -0.298. The molecule has 3 aromatic rings. The van der Waals surface area contributed by atoms with Crippen LogP contribution < -0.4 is 5.32 Å². The predicted octanol–water partition coefficient (Wildman–Crippen LogP) is 4.72. The fourth-order valence-electron chi connectivity index (χ4n) is 3.90. The molecule has 1 fully saturated rings. The zero-order chi connectivity index (χ0) is 21.6. The standard InChI is InChI=1S/C26H23N3O2/c27-18-22-8-4-5-9-24(22)26(31)29-16-14-21(15-17-29)25(30)28-23-12-10-20(11-13-23)19-6-2-1-3-7-19/h1-13,21H,14-17H2,(H,28,30). The van der Waals surface area contributed by atoms with E-state index < -0.39 is 0 Å². The Morgan fingerprint density at radius 2 is 1.45 bits per heavy atom. The summed E-state index contributed by atoms with van der Waals surface area (Å²) in [6.07, 6.45) is 1.21. The van der Waals surface area contributed by atoms with Gasteiger partial charge in [0.2, 0.25) is 5.91 Å². The van der Waals surface area contributed by atoms with Gasteiger partial charge in [-0.15, -0.1) is 0 Å². The Kier molecular flexibility index (Phi) is 6.09. The van der Waals surface area contributed by atoms with Crippen molar-refractivity contribution in [2.45, 2.75) is 12.8 Å². The predicted molar refractivity (Wildman–Crippen MR) is 120 cm³/mol. The van der Waals surface area contributed by atoms with Gasteiger partial charge in [0.05, 0.1) is 17.2 Å². The lowest BCUT2D eigenvalue weighted by Gasteiger charge is -2.31. The van der Waals surface area contributed by atoms with E-state index in [1.54, 1.807) is 29.2 Å². The summed E-state index contributed by atoms with van der Waals surface area (Å²) in [5, 5.41) is 12.2. The molecule has 0 unspecified atom stereocenters. The fraction of sp³-hybridized carbons (Fsp3) is 0.192. The van der Waals surface area contributed by atoms with Crippen molar-refractivity contribution < 1.29 is 9.59 Å². The number of piperidine rings is 1. The molecule has 0 spiro atoms. The van der Waals surface area contributed by atoms with Crippen molar-refractivity contribution >= 4 is 17.5 Å². The molecule has 0 saturated carbocycles. The third-order valence-corrected chi connectivity index (χ3v) is 5.69. The molecular weight excluding hydrogens is 386 g/mol. The molecule has 0 radical (unpaired) electrons. The molecule has 0 aliphatic carbocycles. The molecule has 5 nitrogen and oxygen atoms in total. The third kappa shape index (κ3) is 4.65. The first-order chi connectivity index (χ1) is 15.2. The molecule has 5 heteroatoms. The number of rotatable bonds is 4. The van der Waals surface area contributed by atoms with Crippen LogP contribution in [-0.2, 0) is 4.79 Å². The number of hydrogen-bond acceptors (Lipinski definition) is 3. The van der Waals surface area contributed by atoms with Crippen LogP contribution in [0.4, 0.5) is 5.69 Å².